The summed E-state index contributed by atoms with van der Waals surface area (Å²) >= 11 is 0. The number of nitrogens with zero attached hydrogens (tertiary/aromatic N) is 5. The van der Waals surface area contributed by atoms with Crippen molar-refractivity contribution < 1.29 is 22.7 Å². The average Bonchev–Trinajstić information content (AvgIpc) is 3.52. The maximum absolute atomic E-state index is 14.5. The van der Waals surface area contributed by atoms with Gasteiger partial charge in [0.15, 0.2) is 5.69 Å². The Morgan fingerprint density at radius 3 is 2.61 bits per heavy atom. The molecule has 1 saturated carbocycles. The number of fused-ring (bicyclic) bond motifs is 5. The van der Waals surface area contributed by atoms with Crippen LogP contribution in [0.2, 0.25) is 0 Å². The number of carbonyl (C=O) groups excluding carboxylic acids is 1. The van der Waals surface area contributed by atoms with E-state index >= 15 is 0 Å². The molecule has 0 saturated heterocycles. The molecule has 2 atom stereocenters. The van der Waals surface area contributed by atoms with Crippen LogP contribution >= 0.6 is 0 Å². The molecular weight excluding hydrogens is 492 g/mol. The second-order valence-corrected chi connectivity index (χ2v) is 10.6. The Bertz CT molecular complexity index is 1560. The molecule has 0 spiro atoms. The second kappa shape index (κ2) is 8.47. The van der Waals surface area contributed by atoms with Crippen molar-refractivity contribution in [2.45, 2.75) is 58.0 Å². The molecule has 0 radical (unpaired) electrons. The van der Waals surface area contributed by atoms with E-state index in [2.05, 4.69) is 34.0 Å². The summed E-state index contributed by atoms with van der Waals surface area (Å²) in [5.41, 5.74) is 1.76. The zero-order chi connectivity index (χ0) is 26.8. The first-order chi connectivity index (χ1) is 18.1. The average molecular weight is 518 g/mol. The molecule has 8 nitrogen and oxygen atoms in total. The molecule has 1 aromatic carbocycles. The first-order valence-corrected chi connectivity index (χ1v) is 12.5. The second-order valence-electron chi connectivity index (χ2n) is 10.6. The Kier molecular flexibility index (Phi) is 5.41. The molecule has 2 aliphatic rings. The van der Waals surface area contributed by atoms with E-state index in [1.807, 2.05) is 0 Å². The fourth-order valence-electron chi connectivity index (χ4n) is 6.19. The molecule has 38 heavy (non-hydrogen) atoms. The molecule has 0 N–H and O–H groups in total. The SMILES string of the molecule is CC(C)OC(=O)c1coc(-c2cncc([C@@]34CC[C@@H](c5cc(-c6c(F)cccc6F)nnc53)C4(C)C)n2)n1. The van der Waals surface area contributed by atoms with Gasteiger partial charge in [0.1, 0.15) is 23.6 Å². The first kappa shape index (κ1) is 24.3. The number of benzene rings is 1. The van der Waals surface area contributed by atoms with Gasteiger partial charge in [0, 0.05) is 6.20 Å². The van der Waals surface area contributed by atoms with Crippen molar-refractivity contribution in [3.8, 4) is 22.8 Å². The van der Waals surface area contributed by atoms with Crippen molar-refractivity contribution in [2.24, 2.45) is 5.41 Å². The summed E-state index contributed by atoms with van der Waals surface area (Å²) < 4.78 is 39.8. The van der Waals surface area contributed by atoms with E-state index < -0.39 is 23.0 Å². The molecule has 194 valence electrons. The summed E-state index contributed by atoms with van der Waals surface area (Å²) in [7, 11) is 0. The number of oxazole rings is 1. The number of carbonyl (C=O) groups is 1. The van der Waals surface area contributed by atoms with Gasteiger partial charge in [0.05, 0.1) is 40.4 Å². The van der Waals surface area contributed by atoms with Crippen molar-refractivity contribution in [1.82, 2.24) is 25.1 Å². The van der Waals surface area contributed by atoms with Crippen molar-refractivity contribution >= 4 is 5.97 Å². The zero-order valence-electron chi connectivity index (χ0n) is 21.3. The number of hydrogen-bond acceptors (Lipinski definition) is 8. The van der Waals surface area contributed by atoms with Crippen LogP contribution in [0.1, 0.15) is 73.9 Å². The largest absolute Gasteiger partial charge is 0.458 e. The summed E-state index contributed by atoms with van der Waals surface area (Å²) in [6.45, 7) is 7.80. The van der Waals surface area contributed by atoms with Crippen LogP contribution in [-0.4, -0.2) is 37.2 Å². The molecular formula is C28H25F2N5O3. The number of hydrogen-bond donors (Lipinski definition) is 0. The first-order valence-electron chi connectivity index (χ1n) is 12.5. The van der Waals surface area contributed by atoms with Gasteiger partial charge in [-0.25, -0.2) is 23.5 Å². The van der Waals surface area contributed by atoms with Crippen LogP contribution in [0.4, 0.5) is 8.78 Å². The predicted molar refractivity (Wildman–Crippen MR) is 132 cm³/mol. The molecule has 3 heterocycles. The smallest absolute Gasteiger partial charge is 0.360 e. The topological polar surface area (TPSA) is 104 Å². The lowest BCUT2D eigenvalue weighted by atomic mass is 9.66. The van der Waals surface area contributed by atoms with Gasteiger partial charge < -0.3 is 9.15 Å². The maximum Gasteiger partial charge on any atom is 0.360 e. The highest BCUT2D eigenvalue weighted by Crippen LogP contribution is 2.69. The summed E-state index contributed by atoms with van der Waals surface area (Å²) in [5, 5.41) is 8.81. The van der Waals surface area contributed by atoms with Gasteiger partial charge in [0.2, 0.25) is 5.89 Å². The molecule has 0 aliphatic heterocycles. The fourth-order valence-corrected chi connectivity index (χ4v) is 6.19. The van der Waals surface area contributed by atoms with Gasteiger partial charge in [-0.15, -0.1) is 5.10 Å². The van der Waals surface area contributed by atoms with Gasteiger partial charge in [-0.2, -0.15) is 5.10 Å². The van der Waals surface area contributed by atoms with E-state index in [4.69, 9.17) is 14.1 Å². The molecule has 6 rings (SSSR count). The Morgan fingerprint density at radius 1 is 1.11 bits per heavy atom. The highest BCUT2D eigenvalue weighted by Gasteiger charge is 2.65. The van der Waals surface area contributed by atoms with E-state index in [9.17, 15) is 13.6 Å². The molecule has 1 fully saturated rings. The van der Waals surface area contributed by atoms with Gasteiger partial charge in [-0.3, -0.25) is 4.98 Å². The quantitative estimate of drug-likeness (QED) is 0.314. The van der Waals surface area contributed by atoms with Crippen LogP contribution < -0.4 is 0 Å². The predicted octanol–water partition coefficient (Wildman–Crippen LogP) is 5.64. The molecule has 0 amide bonds. The van der Waals surface area contributed by atoms with Gasteiger partial charge in [-0.1, -0.05) is 19.9 Å². The molecule has 4 aromatic rings. The van der Waals surface area contributed by atoms with Crippen molar-refractivity contribution in [3.63, 3.8) is 0 Å². The number of aromatic nitrogens is 5. The fraction of sp³-hybridized carbons (Fsp3) is 0.357. The van der Waals surface area contributed by atoms with Crippen LogP contribution in [0.15, 0.2) is 47.3 Å². The Morgan fingerprint density at radius 2 is 1.87 bits per heavy atom. The third-order valence-electron chi connectivity index (χ3n) is 7.95. The number of ether oxygens (including phenoxy) is 1. The summed E-state index contributed by atoms with van der Waals surface area (Å²) in [6.07, 6.45) is 5.78. The normalized spacial score (nSPS) is 21.1. The summed E-state index contributed by atoms with van der Waals surface area (Å²) in [4.78, 5) is 25.8. The minimum atomic E-state index is -0.683. The standard InChI is InChI=1S/C28H25F2N5O3/c1-14(2)38-26(36)21-13-37-25(33-21)20-11-31-12-22(32-20)28-9-8-16(27(28,3)4)15-10-19(34-35-24(15)28)23-17(29)6-5-7-18(23)30/h5-7,10-14,16H,8-9H2,1-4H3/t16-,28-/m0/s1. The van der Waals surface area contributed by atoms with Gasteiger partial charge in [0.25, 0.3) is 0 Å². The summed E-state index contributed by atoms with van der Waals surface area (Å²) in [6, 6.07) is 5.51. The summed E-state index contributed by atoms with van der Waals surface area (Å²) in [5.74, 6) is -1.71. The number of esters is 1. The molecule has 0 unspecified atom stereocenters. The Balaban J connectivity index is 1.43. The van der Waals surface area contributed by atoms with Crippen molar-refractivity contribution in [3.05, 3.63) is 77.2 Å². The highest BCUT2D eigenvalue weighted by molar-refractivity contribution is 5.87. The lowest BCUT2D eigenvalue weighted by Gasteiger charge is -2.37. The third-order valence-corrected chi connectivity index (χ3v) is 7.95. The molecule has 3 aromatic heterocycles. The van der Waals surface area contributed by atoms with Crippen LogP contribution in [0.5, 0.6) is 0 Å². The van der Waals surface area contributed by atoms with Crippen LogP contribution in [0.3, 0.4) is 0 Å². The maximum atomic E-state index is 14.5. The lowest BCUT2D eigenvalue weighted by Crippen LogP contribution is -2.38. The Labute approximate surface area is 217 Å². The zero-order valence-corrected chi connectivity index (χ0v) is 21.3. The monoisotopic (exact) mass is 517 g/mol. The third kappa shape index (κ3) is 3.39. The van der Waals surface area contributed by atoms with Crippen molar-refractivity contribution in [2.75, 3.05) is 0 Å². The lowest BCUT2D eigenvalue weighted by molar-refractivity contribution is 0.0371. The van der Waals surface area contributed by atoms with E-state index in [1.165, 1.54) is 30.7 Å². The minimum Gasteiger partial charge on any atom is -0.458 e. The molecule has 2 bridgehead atoms. The minimum absolute atomic E-state index is 0.0466. The number of rotatable bonds is 5. The van der Waals surface area contributed by atoms with Crippen LogP contribution in [0.25, 0.3) is 22.8 Å². The highest BCUT2D eigenvalue weighted by atomic mass is 19.1. The number of halogens is 2. The van der Waals surface area contributed by atoms with E-state index in [0.717, 1.165) is 24.1 Å². The van der Waals surface area contributed by atoms with E-state index in [-0.39, 0.29) is 40.3 Å². The van der Waals surface area contributed by atoms with Crippen LogP contribution in [-0.2, 0) is 10.2 Å². The van der Waals surface area contributed by atoms with E-state index in [1.54, 1.807) is 26.1 Å². The molecule has 10 heteroatoms. The van der Waals surface area contributed by atoms with Gasteiger partial charge >= 0.3 is 5.97 Å². The van der Waals surface area contributed by atoms with Gasteiger partial charge in [-0.05, 0) is 61.8 Å². The van der Waals surface area contributed by atoms with Crippen molar-refractivity contribution in [1.29, 1.82) is 0 Å². The Hall–Kier alpha value is -4.08. The molecule has 2 aliphatic carbocycles. The van der Waals surface area contributed by atoms with Crippen LogP contribution in [0, 0.1) is 17.0 Å². The van der Waals surface area contributed by atoms with E-state index in [0.29, 0.717) is 11.4 Å².